The molecule has 3 heteroatoms. The van der Waals surface area contributed by atoms with Crippen molar-refractivity contribution in [1.82, 2.24) is 0 Å². The average molecular weight is 263 g/mol. The molecule has 1 saturated heterocycles. The third-order valence-corrected chi connectivity index (χ3v) is 23.4. The van der Waals surface area contributed by atoms with E-state index in [0.29, 0.717) is 0 Å². The first-order valence-corrected chi connectivity index (χ1v) is 13.2. The largest absolute Gasteiger partial charge is 0.107 e. The minimum absolute atomic E-state index is 0.824. The lowest BCUT2D eigenvalue weighted by Crippen LogP contribution is -2.53. The van der Waals surface area contributed by atoms with Crippen molar-refractivity contribution in [3.05, 3.63) is 61.4 Å². The molecule has 1 rings (SSSR count). The van der Waals surface area contributed by atoms with Crippen LogP contribution < -0.4 is 0 Å². The van der Waals surface area contributed by atoms with E-state index in [9.17, 15) is 0 Å². The SMILES string of the molecule is C=C[SiH]1C[Si](C=C)(C=C)C[Si](C=C)(C=C)C1. The lowest BCUT2D eigenvalue weighted by molar-refractivity contribution is 1.49. The van der Waals surface area contributed by atoms with Crippen LogP contribution in [-0.4, -0.2) is 24.9 Å². The topological polar surface area (TPSA) is 0 Å². The predicted octanol–water partition coefficient (Wildman–Crippen LogP) is 3.37. The minimum atomic E-state index is -1.45. The van der Waals surface area contributed by atoms with Crippen molar-refractivity contribution < 1.29 is 0 Å². The summed E-state index contributed by atoms with van der Waals surface area (Å²) >= 11 is 0. The number of rotatable bonds is 5. The molecule has 1 heterocycles. The summed E-state index contributed by atoms with van der Waals surface area (Å²) < 4.78 is 0. The van der Waals surface area contributed by atoms with E-state index in [-0.39, 0.29) is 0 Å². The van der Waals surface area contributed by atoms with Gasteiger partial charge in [-0.15, -0.1) is 38.6 Å². The van der Waals surface area contributed by atoms with Crippen LogP contribution in [0.25, 0.3) is 0 Å². The predicted molar refractivity (Wildman–Crippen MR) is 84.1 cm³/mol. The molecule has 0 aromatic carbocycles. The van der Waals surface area contributed by atoms with E-state index >= 15 is 0 Å². The van der Waals surface area contributed by atoms with E-state index in [1.165, 1.54) is 17.0 Å². The molecule has 0 amide bonds. The molecule has 0 atom stereocenters. The van der Waals surface area contributed by atoms with Crippen LogP contribution in [0.2, 0.25) is 17.0 Å². The Morgan fingerprint density at radius 1 is 0.750 bits per heavy atom. The van der Waals surface area contributed by atoms with Crippen molar-refractivity contribution in [1.29, 1.82) is 0 Å². The van der Waals surface area contributed by atoms with E-state index in [0.717, 1.165) is 0 Å². The maximum absolute atomic E-state index is 4.06. The van der Waals surface area contributed by atoms with Gasteiger partial charge in [0, 0.05) is 0 Å². The van der Waals surface area contributed by atoms with Crippen molar-refractivity contribution >= 4 is 24.9 Å². The first kappa shape index (κ1) is 13.4. The summed E-state index contributed by atoms with van der Waals surface area (Å²) in [7, 11) is -3.73. The quantitative estimate of drug-likeness (QED) is 0.667. The second-order valence-electron chi connectivity index (χ2n) is 4.86. The normalized spacial score (nSPS) is 23.0. The summed E-state index contributed by atoms with van der Waals surface area (Å²) in [4.78, 5) is 0. The Hall–Kier alpha value is -0.649. The first-order valence-electron chi connectivity index (χ1n) is 5.76. The van der Waals surface area contributed by atoms with Crippen molar-refractivity contribution in [2.24, 2.45) is 0 Å². The first-order chi connectivity index (χ1) is 7.59. The van der Waals surface area contributed by atoms with Crippen LogP contribution in [0.5, 0.6) is 0 Å². The fraction of sp³-hybridized carbons (Fsp3) is 0.231. The molecule has 0 saturated carbocycles. The molecule has 1 aliphatic rings. The van der Waals surface area contributed by atoms with E-state index in [1.807, 2.05) is 0 Å². The molecule has 0 N–H and O–H groups in total. The molecular formula is C13H22Si3. The maximum atomic E-state index is 4.06. The standard InChI is InChI=1S/C13H22Si3/c1-6-14-11-15(7-2,8-3)13-16(9-4,10-5)12-14/h6-10,14H,1-5,11-13H2. The molecule has 0 nitrogen and oxygen atoms in total. The van der Waals surface area contributed by atoms with Gasteiger partial charge in [0.15, 0.2) is 0 Å². The van der Waals surface area contributed by atoms with E-state index < -0.39 is 24.9 Å². The van der Waals surface area contributed by atoms with E-state index in [2.05, 4.69) is 61.4 Å². The summed E-state index contributed by atoms with van der Waals surface area (Å²) in [6, 6.07) is 0. The second kappa shape index (κ2) is 5.12. The zero-order chi connectivity index (χ0) is 12.2. The molecule has 1 aliphatic heterocycles. The van der Waals surface area contributed by atoms with Crippen molar-refractivity contribution in [2.75, 3.05) is 0 Å². The van der Waals surface area contributed by atoms with Gasteiger partial charge in [0.25, 0.3) is 0 Å². The highest BCUT2D eigenvalue weighted by Crippen LogP contribution is 2.37. The molecule has 0 aliphatic carbocycles. The van der Waals surface area contributed by atoms with Crippen LogP contribution in [0.4, 0.5) is 0 Å². The van der Waals surface area contributed by atoms with Gasteiger partial charge < -0.3 is 0 Å². The minimum Gasteiger partial charge on any atom is -0.107 e. The third kappa shape index (κ3) is 2.36. The van der Waals surface area contributed by atoms with Crippen LogP contribution in [0.1, 0.15) is 0 Å². The van der Waals surface area contributed by atoms with Crippen molar-refractivity contribution in [3.63, 3.8) is 0 Å². The van der Waals surface area contributed by atoms with Crippen LogP contribution in [0.3, 0.4) is 0 Å². The summed E-state index contributed by atoms with van der Waals surface area (Å²) in [6.07, 6.45) is 0. The molecule has 0 spiro atoms. The number of hydrogen-bond acceptors (Lipinski definition) is 0. The van der Waals surface area contributed by atoms with Gasteiger partial charge in [-0.25, -0.2) is 0 Å². The van der Waals surface area contributed by atoms with Gasteiger partial charge in [0.1, 0.15) is 0 Å². The molecule has 0 aromatic rings. The summed E-state index contributed by atoms with van der Waals surface area (Å²) in [6.45, 7) is 20.3. The second-order valence-corrected chi connectivity index (χ2v) is 18.1. The van der Waals surface area contributed by atoms with Crippen LogP contribution in [-0.2, 0) is 0 Å². The Morgan fingerprint density at radius 2 is 1.12 bits per heavy atom. The van der Waals surface area contributed by atoms with E-state index in [1.54, 1.807) is 0 Å². The summed E-state index contributed by atoms with van der Waals surface area (Å²) in [5, 5.41) is 0. The smallest absolute Gasteiger partial charge is 0.0958 e. The molecular weight excluding hydrogens is 240 g/mol. The Bertz CT molecular complexity index is 286. The highest BCUT2D eigenvalue weighted by molar-refractivity contribution is 7.16. The number of hydrogen-bond donors (Lipinski definition) is 0. The Balaban J connectivity index is 3.13. The van der Waals surface area contributed by atoms with Gasteiger partial charge in [0.2, 0.25) is 0 Å². The lowest BCUT2D eigenvalue weighted by atomic mass is 11.2. The summed E-state index contributed by atoms with van der Waals surface area (Å²) in [5.41, 5.74) is 15.1. The van der Waals surface area contributed by atoms with Gasteiger partial charge in [-0.05, 0) is 5.67 Å². The average Bonchev–Trinajstić information content (AvgIpc) is 2.37. The molecule has 0 aromatic heterocycles. The molecule has 0 radical (unpaired) electrons. The molecule has 16 heavy (non-hydrogen) atoms. The Morgan fingerprint density at radius 3 is 1.38 bits per heavy atom. The van der Waals surface area contributed by atoms with Crippen LogP contribution in [0, 0.1) is 0 Å². The maximum Gasteiger partial charge on any atom is 0.0958 e. The van der Waals surface area contributed by atoms with Crippen LogP contribution >= 0.6 is 0 Å². The van der Waals surface area contributed by atoms with Gasteiger partial charge in [-0.3, -0.25) is 0 Å². The zero-order valence-electron chi connectivity index (χ0n) is 10.1. The van der Waals surface area contributed by atoms with Gasteiger partial charge >= 0.3 is 0 Å². The van der Waals surface area contributed by atoms with Crippen molar-refractivity contribution in [3.8, 4) is 0 Å². The fourth-order valence-corrected chi connectivity index (χ4v) is 27.7. The summed E-state index contributed by atoms with van der Waals surface area (Å²) in [5.74, 6) is 0. The van der Waals surface area contributed by atoms with Crippen LogP contribution in [0.15, 0.2) is 61.4 Å². The third-order valence-electron chi connectivity index (χ3n) is 3.90. The van der Waals surface area contributed by atoms with Gasteiger partial charge in [0.05, 0.1) is 24.9 Å². The van der Waals surface area contributed by atoms with E-state index in [4.69, 9.17) is 0 Å². The van der Waals surface area contributed by atoms with Gasteiger partial charge in [-0.1, -0.05) is 34.1 Å². The van der Waals surface area contributed by atoms with Crippen molar-refractivity contribution in [2.45, 2.75) is 17.0 Å². The molecule has 86 valence electrons. The molecule has 1 fully saturated rings. The zero-order valence-corrected chi connectivity index (χ0v) is 13.3. The Labute approximate surface area is 103 Å². The molecule has 0 bridgehead atoms. The highest BCUT2D eigenvalue weighted by atomic mass is 28.4. The monoisotopic (exact) mass is 262 g/mol. The lowest BCUT2D eigenvalue weighted by Gasteiger charge is -2.42. The molecule has 0 unspecified atom stereocenters. The van der Waals surface area contributed by atoms with Gasteiger partial charge in [-0.2, -0.15) is 0 Å². The fourth-order valence-electron chi connectivity index (χ4n) is 2.76. The highest BCUT2D eigenvalue weighted by Gasteiger charge is 2.44. The Kier molecular flexibility index (Phi) is 4.29.